The van der Waals surface area contributed by atoms with Crippen molar-refractivity contribution in [3.63, 3.8) is 0 Å². The van der Waals surface area contributed by atoms with Crippen molar-refractivity contribution in [2.45, 2.75) is 13.5 Å². The van der Waals surface area contributed by atoms with Crippen LogP contribution in [0.5, 0.6) is 0 Å². The van der Waals surface area contributed by atoms with Gasteiger partial charge in [0.15, 0.2) is 0 Å². The summed E-state index contributed by atoms with van der Waals surface area (Å²) in [5.41, 5.74) is 5.64. The van der Waals surface area contributed by atoms with E-state index < -0.39 is 0 Å². The molecule has 5 heteroatoms. The SMILES string of the molecule is Cc1ccc(C(=O)N(C)Cc2ccccn2)c(NN)c1. The highest BCUT2D eigenvalue weighted by Gasteiger charge is 2.16. The van der Waals surface area contributed by atoms with Crippen LogP contribution in [0, 0.1) is 6.92 Å². The van der Waals surface area contributed by atoms with E-state index >= 15 is 0 Å². The van der Waals surface area contributed by atoms with Crippen LogP contribution in [0.3, 0.4) is 0 Å². The van der Waals surface area contributed by atoms with E-state index in [4.69, 9.17) is 5.84 Å². The highest BCUT2D eigenvalue weighted by Crippen LogP contribution is 2.18. The summed E-state index contributed by atoms with van der Waals surface area (Å²) in [6.45, 7) is 2.41. The summed E-state index contributed by atoms with van der Waals surface area (Å²) < 4.78 is 0. The molecular formula is C15H18N4O. The van der Waals surface area contributed by atoms with Crippen molar-refractivity contribution in [1.82, 2.24) is 9.88 Å². The smallest absolute Gasteiger partial charge is 0.256 e. The third-order valence-electron chi connectivity index (χ3n) is 3.03. The van der Waals surface area contributed by atoms with Crippen LogP contribution in [0.4, 0.5) is 5.69 Å². The maximum absolute atomic E-state index is 12.4. The summed E-state index contributed by atoms with van der Waals surface area (Å²) in [6, 6.07) is 11.2. The third-order valence-corrected chi connectivity index (χ3v) is 3.03. The van der Waals surface area contributed by atoms with Crippen LogP contribution >= 0.6 is 0 Å². The van der Waals surface area contributed by atoms with Gasteiger partial charge in [0.1, 0.15) is 0 Å². The molecule has 1 amide bonds. The molecular weight excluding hydrogens is 252 g/mol. The zero-order chi connectivity index (χ0) is 14.5. The maximum atomic E-state index is 12.4. The topological polar surface area (TPSA) is 71.2 Å². The molecule has 1 heterocycles. The molecule has 0 atom stereocenters. The standard InChI is InChI=1S/C15H18N4O/c1-11-6-7-13(14(9-11)18-16)15(20)19(2)10-12-5-3-4-8-17-12/h3-9,18H,10,16H2,1-2H3. The first-order valence-corrected chi connectivity index (χ1v) is 6.34. The summed E-state index contributed by atoms with van der Waals surface area (Å²) in [5, 5.41) is 0. The Labute approximate surface area is 118 Å². The number of aromatic nitrogens is 1. The zero-order valence-electron chi connectivity index (χ0n) is 11.6. The molecule has 3 N–H and O–H groups in total. The minimum absolute atomic E-state index is 0.0939. The highest BCUT2D eigenvalue weighted by molar-refractivity contribution is 5.99. The van der Waals surface area contributed by atoms with Gasteiger partial charge in [-0.2, -0.15) is 0 Å². The van der Waals surface area contributed by atoms with E-state index in [2.05, 4.69) is 10.4 Å². The maximum Gasteiger partial charge on any atom is 0.256 e. The van der Waals surface area contributed by atoms with Crippen molar-refractivity contribution in [3.05, 3.63) is 59.4 Å². The molecule has 0 aliphatic heterocycles. The van der Waals surface area contributed by atoms with E-state index in [0.717, 1.165) is 11.3 Å². The Kier molecular flexibility index (Phi) is 4.32. The second-order valence-electron chi connectivity index (χ2n) is 4.68. The summed E-state index contributed by atoms with van der Waals surface area (Å²) >= 11 is 0. The Bertz CT molecular complexity index is 598. The normalized spacial score (nSPS) is 10.2. The first-order valence-electron chi connectivity index (χ1n) is 6.34. The minimum atomic E-state index is -0.0939. The number of pyridine rings is 1. The molecule has 104 valence electrons. The molecule has 2 rings (SSSR count). The van der Waals surface area contributed by atoms with Gasteiger partial charge in [-0.3, -0.25) is 15.6 Å². The molecule has 1 aromatic heterocycles. The van der Waals surface area contributed by atoms with E-state index in [-0.39, 0.29) is 5.91 Å². The number of hydrazine groups is 1. The number of nitrogens with two attached hydrogens (primary N) is 1. The minimum Gasteiger partial charge on any atom is -0.336 e. The van der Waals surface area contributed by atoms with Crippen molar-refractivity contribution in [1.29, 1.82) is 0 Å². The molecule has 20 heavy (non-hydrogen) atoms. The third kappa shape index (κ3) is 3.13. The Morgan fingerprint density at radius 2 is 2.15 bits per heavy atom. The Morgan fingerprint density at radius 1 is 1.35 bits per heavy atom. The van der Waals surface area contributed by atoms with Gasteiger partial charge in [0.2, 0.25) is 0 Å². The number of rotatable bonds is 4. The lowest BCUT2D eigenvalue weighted by atomic mass is 10.1. The largest absolute Gasteiger partial charge is 0.336 e. The van der Waals surface area contributed by atoms with Crippen molar-refractivity contribution >= 4 is 11.6 Å². The highest BCUT2D eigenvalue weighted by atomic mass is 16.2. The van der Waals surface area contributed by atoms with Gasteiger partial charge in [0.25, 0.3) is 5.91 Å². The molecule has 2 aromatic rings. The number of nitrogens with zero attached hydrogens (tertiary/aromatic N) is 2. The number of carbonyl (C=O) groups excluding carboxylic acids is 1. The zero-order valence-corrected chi connectivity index (χ0v) is 11.6. The van der Waals surface area contributed by atoms with Crippen molar-refractivity contribution < 1.29 is 4.79 Å². The molecule has 0 unspecified atom stereocenters. The van der Waals surface area contributed by atoms with Gasteiger partial charge in [0.05, 0.1) is 23.5 Å². The number of amides is 1. The monoisotopic (exact) mass is 270 g/mol. The van der Waals surface area contributed by atoms with Crippen molar-refractivity contribution in [2.24, 2.45) is 5.84 Å². The number of nitrogens with one attached hydrogen (secondary N) is 1. The Morgan fingerprint density at radius 3 is 2.80 bits per heavy atom. The van der Waals surface area contributed by atoms with Gasteiger partial charge in [0, 0.05) is 13.2 Å². The summed E-state index contributed by atoms with van der Waals surface area (Å²) in [4.78, 5) is 18.3. The number of nitrogen functional groups attached to an aromatic ring is 1. The van der Waals surface area contributed by atoms with Gasteiger partial charge in [-0.1, -0.05) is 12.1 Å². The fraction of sp³-hybridized carbons (Fsp3) is 0.200. The van der Waals surface area contributed by atoms with Crippen LogP contribution in [0.15, 0.2) is 42.6 Å². The van der Waals surface area contributed by atoms with E-state index in [9.17, 15) is 4.79 Å². The fourth-order valence-electron chi connectivity index (χ4n) is 1.98. The predicted molar refractivity (Wildman–Crippen MR) is 79.0 cm³/mol. The van der Waals surface area contributed by atoms with Crippen LogP contribution < -0.4 is 11.3 Å². The lowest BCUT2D eigenvalue weighted by molar-refractivity contribution is 0.0784. The van der Waals surface area contributed by atoms with Gasteiger partial charge < -0.3 is 10.3 Å². The lowest BCUT2D eigenvalue weighted by Gasteiger charge is -2.18. The van der Waals surface area contributed by atoms with Crippen LogP contribution in [-0.2, 0) is 6.54 Å². The molecule has 0 aliphatic carbocycles. The number of anilines is 1. The van der Waals surface area contributed by atoms with Gasteiger partial charge in [-0.05, 0) is 36.8 Å². The number of hydrogen-bond donors (Lipinski definition) is 2. The average Bonchev–Trinajstić information content (AvgIpc) is 2.47. The van der Waals surface area contributed by atoms with E-state index in [1.807, 2.05) is 37.3 Å². The summed E-state index contributed by atoms with van der Waals surface area (Å²) in [5.74, 6) is 5.38. The van der Waals surface area contributed by atoms with Crippen molar-refractivity contribution in [2.75, 3.05) is 12.5 Å². The number of hydrogen-bond acceptors (Lipinski definition) is 4. The molecule has 0 fully saturated rings. The lowest BCUT2D eigenvalue weighted by Crippen LogP contribution is -2.28. The summed E-state index contributed by atoms with van der Waals surface area (Å²) in [6.07, 6.45) is 1.71. The molecule has 5 nitrogen and oxygen atoms in total. The van der Waals surface area contributed by atoms with Gasteiger partial charge in [-0.15, -0.1) is 0 Å². The molecule has 0 radical (unpaired) electrons. The van der Waals surface area contributed by atoms with E-state index in [1.54, 1.807) is 24.2 Å². The second-order valence-corrected chi connectivity index (χ2v) is 4.68. The number of carbonyl (C=O) groups is 1. The Hall–Kier alpha value is -2.40. The van der Waals surface area contributed by atoms with Crippen LogP contribution in [0.1, 0.15) is 21.6 Å². The molecule has 0 spiro atoms. The molecule has 1 aromatic carbocycles. The van der Waals surface area contributed by atoms with E-state index in [1.165, 1.54) is 0 Å². The van der Waals surface area contributed by atoms with E-state index in [0.29, 0.717) is 17.8 Å². The van der Waals surface area contributed by atoms with Gasteiger partial charge in [-0.25, -0.2) is 0 Å². The van der Waals surface area contributed by atoms with Crippen molar-refractivity contribution in [3.8, 4) is 0 Å². The van der Waals surface area contributed by atoms with Crippen LogP contribution in [0.2, 0.25) is 0 Å². The first kappa shape index (κ1) is 14.0. The average molecular weight is 270 g/mol. The molecule has 0 bridgehead atoms. The fourth-order valence-corrected chi connectivity index (χ4v) is 1.98. The van der Waals surface area contributed by atoms with Crippen LogP contribution in [0.25, 0.3) is 0 Å². The quantitative estimate of drug-likeness (QED) is 0.658. The summed E-state index contributed by atoms with van der Waals surface area (Å²) in [7, 11) is 1.75. The Balaban J connectivity index is 2.18. The molecule has 0 aliphatic rings. The van der Waals surface area contributed by atoms with Crippen LogP contribution in [-0.4, -0.2) is 22.8 Å². The molecule has 0 saturated heterocycles. The first-order chi connectivity index (χ1) is 9.61. The predicted octanol–water partition coefficient (Wildman–Crippen LogP) is 1.95. The number of aryl methyl sites for hydroxylation is 1. The van der Waals surface area contributed by atoms with Gasteiger partial charge >= 0.3 is 0 Å². The molecule has 0 saturated carbocycles. The number of benzene rings is 1. The second kappa shape index (κ2) is 6.16.